The maximum absolute atomic E-state index is 10.8. The van der Waals surface area contributed by atoms with Crippen molar-refractivity contribution in [1.29, 1.82) is 0 Å². The normalized spacial score (nSPS) is 12.2. The summed E-state index contributed by atoms with van der Waals surface area (Å²) >= 11 is 5.70. The number of pyridine rings is 1. The van der Waals surface area contributed by atoms with Crippen LogP contribution in [0, 0.1) is 5.92 Å². The SMILES string of the molecule is CCCC(C)COc1cc(C(=O)O)c(Cl)cn1. The summed E-state index contributed by atoms with van der Waals surface area (Å²) in [6.45, 7) is 4.72. The molecule has 0 saturated carbocycles. The third-order valence-electron chi connectivity index (χ3n) is 2.36. The standard InChI is InChI=1S/C12H16ClNO3/c1-3-4-8(2)7-17-11-5-9(12(15)16)10(13)6-14-11/h5-6,8H,3-4,7H2,1-2H3,(H,15,16). The van der Waals surface area contributed by atoms with Crippen molar-refractivity contribution in [3.63, 3.8) is 0 Å². The number of hydrogen-bond acceptors (Lipinski definition) is 3. The molecule has 0 aliphatic rings. The van der Waals surface area contributed by atoms with E-state index in [9.17, 15) is 4.79 Å². The van der Waals surface area contributed by atoms with Crippen molar-refractivity contribution < 1.29 is 14.6 Å². The summed E-state index contributed by atoms with van der Waals surface area (Å²) in [6.07, 6.45) is 3.46. The lowest BCUT2D eigenvalue weighted by Crippen LogP contribution is -2.09. The molecule has 1 aromatic heterocycles. The van der Waals surface area contributed by atoms with Gasteiger partial charge in [-0.25, -0.2) is 9.78 Å². The summed E-state index contributed by atoms with van der Waals surface area (Å²) < 4.78 is 5.43. The molecule has 1 unspecified atom stereocenters. The summed E-state index contributed by atoms with van der Waals surface area (Å²) in [5.41, 5.74) is 0.0137. The molecule has 1 rings (SSSR count). The quantitative estimate of drug-likeness (QED) is 0.850. The smallest absolute Gasteiger partial charge is 0.337 e. The fraction of sp³-hybridized carbons (Fsp3) is 0.500. The number of aromatic carboxylic acids is 1. The zero-order chi connectivity index (χ0) is 12.8. The number of ether oxygens (including phenoxy) is 1. The molecule has 1 heterocycles. The predicted molar refractivity (Wildman–Crippen MR) is 65.8 cm³/mol. The maximum Gasteiger partial charge on any atom is 0.337 e. The van der Waals surface area contributed by atoms with Crippen LogP contribution in [-0.2, 0) is 0 Å². The average Bonchev–Trinajstić information content (AvgIpc) is 2.28. The molecule has 0 spiro atoms. The van der Waals surface area contributed by atoms with Crippen LogP contribution in [0.25, 0.3) is 0 Å². The molecule has 94 valence electrons. The molecule has 1 N–H and O–H groups in total. The first-order chi connectivity index (χ1) is 8.04. The van der Waals surface area contributed by atoms with Gasteiger partial charge in [-0.05, 0) is 12.3 Å². The zero-order valence-corrected chi connectivity index (χ0v) is 10.7. The van der Waals surface area contributed by atoms with Gasteiger partial charge in [0.25, 0.3) is 0 Å². The van der Waals surface area contributed by atoms with E-state index < -0.39 is 5.97 Å². The number of aromatic nitrogens is 1. The Balaban J connectivity index is 2.66. The molecular formula is C12H16ClNO3. The van der Waals surface area contributed by atoms with Crippen LogP contribution in [0.15, 0.2) is 12.3 Å². The Morgan fingerprint density at radius 1 is 1.65 bits per heavy atom. The largest absolute Gasteiger partial charge is 0.478 e. The van der Waals surface area contributed by atoms with Gasteiger partial charge in [0.15, 0.2) is 0 Å². The number of halogens is 1. The van der Waals surface area contributed by atoms with Crippen LogP contribution >= 0.6 is 11.6 Å². The van der Waals surface area contributed by atoms with E-state index >= 15 is 0 Å². The van der Waals surface area contributed by atoms with Crippen molar-refractivity contribution in [3.05, 3.63) is 22.8 Å². The molecule has 17 heavy (non-hydrogen) atoms. The van der Waals surface area contributed by atoms with Crippen LogP contribution in [0.2, 0.25) is 5.02 Å². The van der Waals surface area contributed by atoms with E-state index in [0.717, 1.165) is 12.8 Å². The van der Waals surface area contributed by atoms with E-state index in [-0.39, 0.29) is 10.6 Å². The first-order valence-electron chi connectivity index (χ1n) is 5.56. The number of carboxylic acid groups (broad SMARTS) is 1. The third-order valence-corrected chi connectivity index (χ3v) is 2.66. The molecule has 0 bridgehead atoms. The van der Waals surface area contributed by atoms with Crippen molar-refractivity contribution in [1.82, 2.24) is 4.98 Å². The number of carboxylic acids is 1. The Morgan fingerprint density at radius 3 is 2.94 bits per heavy atom. The summed E-state index contributed by atoms with van der Waals surface area (Å²) in [5, 5.41) is 9.00. The fourth-order valence-electron chi connectivity index (χ4n) is 1.47. The molecule has 0 radical (unpaired) electrons. The second-order valence-electron chi connectivity index (χ2n) is 4.01. The molecule has 0 saturated heterocycles. The van der Waals surface area contributed by atoms with Crippen molar-refractivity contribution >= 4 is 17.6 Å². The number of carbonyl (C=O) groups is 1. The maximum atomic E-state index is 10.8. The van der Waals surface area contributed by atoms with Crippen molar-refractivity contribution in [2.75, 3.05) is 6.61 Å². The molecule has 0 fully saturated rings. The van der Waals surface area contributed by atoms with Crippen molar-refractivity contribution in [2.45, 2.75) is 26.7 Å². The summed E-state index contributed by atoms with van der Waals surface area (Å²) in [5.74, 6) is -0.357. The van der Waals surface area contributed by atoms with Gasteiger partial charge < -0.3 is 9.84 Å². The topological polar surface area (TPSA) is 59.4 Å². The van der Waals surface area contributed by atoms with Gasteiger partial charge in [-0.2, -0.15) is 0 Å². The monoisotopic (exact) mass is 257 g/mol. The van der Waals surface area contributed by atoms with Crippen molar-refractivity contribution in [3.8, 4) is 5.88 Å². The van der Waals surface area contributed by atoms with Crippen LogP contribution in [-0.4, -0.2) is 22.7 Å². The highest BCUT2D eigenvalue weighted by molar-refractivity contribution is 6.33. The lowest BCUT2D eigenvalue weighted by Gasteiger charge is -2.11. The molecule has 0 aliphatic heterocycles. The molecule has 1 aromatic rings. The lowest BCUT2D eigenvalue weighted by atomic mass is 10.1. The Hall–Kier alpha value is -1.29. The fourth-order valence-corrected chi connectivity index (χ4v) is 1.65. The number of rotatable bonds is 6. The summed E-state index contributed by atoms with van der Waals surface area (Å²) in [6, 6.07) is 1.35. The average molecular weight is 258 g/mol. The predicted octanol–water partition coefficient (Wildman–Crippen LogP) is 3.25. The van der Waals surface area contributed by atoms with Crippen molar-refractivity contribution in [2.24, 2.45) is 5.92 Å². The minimum Gasteiger partial charge on any atom is -0.478 e. The molecule has 0 amide bonds. The molecule has 1 atom stereocenters. The number of nitrogens with zero attached hydrogens (tertiary/aromatic N) is 1. The van der Waals surface area contributed by atoms with E-state index in [1.807, 2.05) is 0 Å². The third kappa shape index (κ3) is 4.23. The molecular weight excluding hydrogens is 242 g/mol. The van der Waals surface area contributed by atoms with E-state index in [1.54, 1.807) is 0 Å². The van der Waals surface area contributed by atoms with Gasteiger partial charge in [0.05, 0.1) is 23.4 Å². The van der Waals surface area contributed by atoms with Gasteiger partial charge in [-0.1, -0.05) is 31.9 Å². The summed E-state index contributed by atoms with van der Waals surface area (Å²) in [7, 11) is 0. The van der Waals surface area contributed by atoms with Crippen LogP contribution < -0.4 is 4.74 Å². The van der Waals surface area contributed by atoms with E-state index in [1.165, 1.54) is 12.3 Å². The Bertz CT molecular complexity index is 395. The van der Waals surface area contributed by atoms with E-state index in [2.05, 4.69) is 18.8 Å². The van der Waals surface area contributed by atoms with E-state index in [4.69, 9.17) is 21.4 Å². The Morgan fingerprint density at radius 2 is 2.35 bits per heavy atom. The minimum atomic E-state index is -1.08. The van der Waals surface area contributed by atoms with Crippen LogP contribution in [0.3, 0.4) is 0 Å². The van der Waals surface area contributed by atoms with Gasteiger partial charge in [0.2, 0.25) is 5.88 Å². The highest BCUT2D eigenvalue weighted by atomic mass is 35.5. The zero-order valence-electron chi connectivity index (χ0n) is 9.94. The molecule has 0 aliphatic carbocycles. The second-order valence-corrected chi connectivity index (χ2v) is 4.42. The van der Waals surface area contributed by atoms with Gasteiger partial charge in [-0.3, -0.25) is 0 Å². The van der Waals surface area contributed by atoms with Gasteiger partial charge in [0, 0.05) is 6.07 Å². The Kier molecular flexibility index (Phi) is 5.22. The second kappa shape index (κ2) is 6.45. The first kappa shape index (κ1) is 13.8. The molecule has 4 nitrogen and oxygen atoms in total. The van der Waals surface area contributed by atoms with E-state index in [0.29, 0.717) is 18.4 Å². The van der Waals surface area contributed by atoms with Gasteiger partial charge in [0.1, 0.15) is 0 Å². The van der Waals surface area contributed by atoms with Crippen LogP contribution in [0.5, 0.6) is 5.88 Å². The van der Waals surface area contributed by atoms with Crippen LogP contribution in [0.4, 0.5) is 0 Å². The lowest BCUT2D eigenvalue weighted by molar-refractivity contribution is 0.0696. The highest BCUT2D eigenvalue weighted by Gasteiger charge is 2.11. The highest BCUT2D eigenvalue weighted by Crippen LogP contribution is 2.20. The molecule has 0 aromatic carbocycles. The minimum absolute atomic E-state index is 0.0137. The van der Waals surface area contributed by atoms with Gasteiger partial charge >= 0.3 is 5.97 Å². The number of hydrogen-bond donors (Lipinski definition) is 1. The van der Waals surface area contributed by atoms with Crippen LogP contribution in [0.1, 0.15) is 37.0 Å². The molecule has 5 heteroatoms. The first-order valence-corrected chi connectivity index (χ1v) is 5.94. The van der Waals surface area contributed by atoms with Gasteiger partial charge in [-0.15, -0.1) is 0 Å². The summed E-state index contributed by atoms with van der Waals surface area (Å²) in [4.78, 5) is 14.8. The Labute approximate surface area is 106 Å².